The first kappa shape index (κ1) is 18.2. The third-order valence-corrected chi connectivity index (χ3v) is 4.51. The highest BCUT2D eigenvalue weighted by atomic mass is 35.5. The van der Waals surface area contributed by atoms with Crippen LogP contribution in [0.5, 0.6) is 0 Å². The number of furan rings is 1. The van der Waals surface area contributed by atoms with Gasteiger partial charge < -0.3 is 19.3 Å². The van der Waals surface area contributed by atoms with Gasteiger partial charge in [-0.15, -0.1) is 0 Å². The second-order valence-corrected chi connectivity index (χ2v) is 6.75. The first-order chi connectivity index (χ1) is 12.4. The van der Waals surface area contributed by atoms with Crippen molar-refractivity contribution in [3.05, 3.63) is 64.6 Å². The number of carbonyl (C=O) groups is 2. The lowest BCUT2D eigenvalue weighted by Crippen LogP contribution is -2.35. The molecule has 3 rings (SSSR count). The molecular weight excluding hydrogens is 356 g/mol. The molecule has 2 heterocycles. The SMILES string of the molecule is CN(C)CCN1C(=O)C(=O)/C(=C(/O)c2ccc(Cl)cc2)C1c1ccco1. The van der Waals surface area contributed by atoms with Crippen molar-refractivity contribution in [3.63, 3.8) is 0 Å². The number of benzene rings is 1. The molecule has 1 unspecified atom stereocenters. The number of nitrogens with zero attached hydrogens (tertiary/aromatic N) is 2. The van der Waals surface area contributed by atoms with Crippen molar-refractivity contribution < 1.29 is 19.1 Å². The smallest absolute Gasteiger partial charge is 0.295 e. The Labute approximate surface area is 156 Å². The van der Waals surface area contributed by atoms with Crippen LogP contribution in [0.1, 0.15) is 17.4 Å². The Balaban J connectivity index is 2.09. The maximum Gasteiger partial charge on any atom is 0.295 e. The molecule has 0 radical (unpaired) electrons. The number of ketones is 1. The Bertz CT molecular complexity index is 841. The second kappa shape index (κ2) is 7.35. The van der Waals surface area contributed by atoms with Crippen molar-refractivity contribution in [1.82, 2.24) is 9.80 Å². The van der Waals surface area contributed by atoms with Crippen molar-refractivity contribution >= 4 is 29.1 Å². The molecule has 1 fully saturated rings. The van der Waals surface area contributed by atoms with Crippen molar-refractivity contribution in [2.75, 3.05) is 27.2 Å². The fourth-order valence-corrected chi connectivity index (χ4v) is 3.05. The number of Topliss-reactive ketones (excluding diaryl/α,β-unsaturated/α-hetero) is 1. The molecule has 136 valence electrons. The van der Waals surface area contributed by atoms with Gasteiger partial charge in [-0.1, -0.05) is 11.6 Å². The molecule has 1 saturated heterocycles. The number of aliphatic hydroxyl groups excluding tert-OH is 1. The van der Waals surface area contributed by atoms with Crippen LogP contribution < -0.4 is 0 Å². The molecule has 26 heavy (non-hydrogen) atoms. The fraction of sp³-hybridized carbons (Fsp3) is 0.263. The maximum atomic E-state index is 12.7. The van der Waals surface area contributed by atoms with E-state index in [0.717, 1.165) is 0 Å². The Hall–Kier alpha value is -2.57. The van der Waals surface area contributed by atoms with E-state index >= 15 is 0 Å². The maximum absolute atomic E-state index is 12.7. The van der Waals surface area contributed by atoms with Crippen LogP contribution in [0, 0.1) is 0 Å². The van der Waals surface area contributed by atoms with Gasteiger partial charge in [-0.25, -0.2) is 0 Å². The Morgan fingerprint density at radius 1 is 1.23 bits per heavy atom. The third-order valence-electron chi connectivity index (χ3n) is 4.26. The summed E-state index contributed by atoms with van der Waals surface area (Å²) >= 11 is 5.89. The lowest BCUT2D eigenvalue weighted by atomic mass is 9.99. The molecule has 1 N–H and O–H groups in total. The van der Waals surface area contributed by atoms with E-state index in [2.05, 4.69) is 0 Å². The van der Waals surface area contributed by atoms with Gasteiger partial charge in [0.15, 0.2) is 0 Å². The lowest BCUT2D eigenvalue weighted by Gasteiger charge is -2.24. The molecule has 0 bridgehead atoms. The van der Waals surface area contributed by atoms with E-state index in [9.17, 15) is 14.7 Å². The number of aliphatic hydroxyl groups is 1. The number of halogens is 1. The van der Waals surface area contributed by atoms with Gasteiger partial charge in [-0.2, -0.15) is 0 Å². The molecule has 0 saturated carbocycles. The minimum atomic E-state index is -0.763. The van der Waals surface area contributed by atoms with E-state index in [1.807, 2.05) is 19.0 Å². The summed E-state index contributed by atoms with van der Waals surface area (Å²) in [5.74, 6) is -1.19. The van der Waals surface area contributed by atoms with Crippen molar-refractivity contribution in [2.24, 2.45) is 0 Å². The Morgan fingerprint density at radius 3 is 2.50 bits per heavy atom. The lowest BCUT2D eigenvalue weighted by molar-refractivity contribution is -0.140. The van der Waals surface area contributed by atoms with Gasteiger partial charge in [0.2, 0.25) is 0 Å². The van der Waals surface area contributed by atoms with E-state index in [1.54, 1.807) is 36.4 Å². The molecule has 1 aromatic carbocycles. The molecule has 1 aromatic heterocycles. The van der Waals surface area contributed by atoms with Gasteiger partial charge >= 0.3 is 0 Å². The molecule has 6 nitrogen and oxygen atoms in total. The highest BCUT2D eigenvalue weighted by Gasteiger charge is 2.47. The zero-order valence-corrected chi connectivity index (χ0v) is 15.2. The summed E-state index contributed by atoms with van der Waals surface area (Å²) in [6, 6.07) is 9.04. The van der Waals surface area contributed by atoms with Crippen LogP contribution in [0.3, 0.4) is 0 Å². The largest absolute Gasteiger partial charge is 0.507 e. The highest BCUT2D eigenvalue weighted by Crippen LogP contribution is 2.39. The van der Waals surface area contributed by atoms with Crippen molar-refractivity contribution in [3.8, 4) is 0 Å². The van der Waals surface area contributed by atoms with E-state index in [4.69, 9.17) is 16.0 Å². The average Bonchev–Trinajstić information content (AvgIpc) is 3.21. The number of carbonyl (C=O) groups excluding carboxylic acids is 2. The number of likely N-dealkylation sites (tertiary alicyclic amines) is 1. The molecule has 0 aliphatic carbocycles. The number of rotatable bonds is 5. The first-order valence-corrected chi connectivity index (χ1v) is 8.50. The predicted octanol–water partition coefficient (Wildman–Crippen LogP) is 2.92. The van der Waals surface area contributed by atoms with E-state index < -0.39 is 17.7 Å². The fourth-order valence-electron chi connectivity index (χ4n) is 2.92. The quantitative estimate of drug-likeness (QED) is 0.495. The second-order valence-electron chi connectivity index (χ2n) is 6.32. The molecule has 7 heteroatoms. The standard InChI is InChI=1S/C19H19ClN2O4/c1-21(2)9-10-22-16(14-4-3-11-26-14)15(18(24)19(22)25)17(23)12-5-7-13(20)8-6-12/h3-8,11,16,23H,9-10H2,1-2H3/b17-15+. The molecular formula is C19H19ClN2O4. The van der Waals surface area contributed by atoms with Gasteiger partial charge in [-0.05, 0) is 50.5 Å². The number of likely N-dealkylation sites (N-methyl/N-ethyl adjacent to an activating group) is 1. The van der Waals surface area contributed by atoms with Crippen LogP contribution in [0.15, 0.2) is 52.7 Å². The number of hydrogen-bond donors (Lipinski definition) is 1. The summed E-state index contributed by atoms with van der Waals surface area (Å²) in [7, 11) is 3.76. The van der Waals surface area contributed by atoms with Gasteiger partial charge in [0.05, 0.1) is 11.8 Å². The van der Waals surface area contributed by atoms with Crippen molar-refractivity contribution in [1.29, 1.82) is 0 Å². The molecule has 1 amide bonds. The highest BCUT2D eigenvalue weighted by molar-refractivity contribution is 6.46. The Morgan fingerprint density at radius 2 is 1.92 bits per heavy atom. The predicted molar refractivity (Wildman–Crippen MR) is 97.7 cm³/mol. The summed E-state index contributed by atoms with van der Waals surface area (Å²) < 4.78 is 5.46. The molecule has 1 atom stereocenters. The van der Waals surface area contributed by atoms with Crippen LogP contribution in [-0.2, 0) is 9.59 Å². The monoisotopic (exact) mass is 374 g/mol. The summed E-state index contributed by atoms with van der Waals surface area (Å²) in [5.41, 5.74) is 0.433. The van der Waals surface area contributed by atoms with Crippen LogP contribution in [0.2, 0.25) is 5.02 Å². The average molecular weight is 375 g/mol. The van der Waals surface area contributed by atoms with Crippen LogP contribution in [-0.4, -0.2) is 53.8 Å². The van der Waals surface area contributed by atoms with E-state index in [-0.39, 0.29) is 11.3 Å². The minimum Gasteiger partial charge on any atom is -0.507 e. The molecule has 2 aromatic rings. The summed E-state index contributed by atoms with van der Waals surface area (Å²) in [5, 5.41) is 11.3. The topological polar surface area (TPSA) is 74.0 Å². The molecule has 1 aliphatic rings. The van der Waals surface area contributed by atoms with Gasteiger partial charge in [0.1, 0.15) is 17.6 Å². The third kappa shape index (κ3) is 3.38. The zero-order chi connectivity index (χ0) is 18.8. The van der Waals surface area contributed by atoms with Crippen LogP contribution in [0.25, 0.3) is 5.76 Å². The van der Waals surface area contributed by atoms with E-state index in [1.165, 1.54) is 11.2 Å². The first-order valence-electron chi connectivity index (χ1n) is 8.12. The molecule has 0 spiro atoms. The zero-order valence-electron chi connectivity index (χ0n) is 14.5. The van der Waals surface area contributed by atoms with E-state index in [0.29, 0.717) is 29.4 Å². The molecule has 1 aliphatic heterocycles. The van der Waals surface area contributed by atoms with Gasteiger partial charge in [-0.3, -0.25) is 9.59 Å². The number of hydrogen-bond acceptors (Lipinski definition) is 5. The number of amides is 1. The Kier molecular flexibility index (Phi) is 5.15. The van der Waals surface area contributed by atoms with Crippen LogP contribution in [0.4, 0.5) is 0 Å². The summed E-state index contributed by atoms with van der Waals surface area (Å²) in [6.07, 6.45) is 1.48. The van der Waals surface area contributed by atoms with Gasteiger partial charge in [0.25, 0.3) is 11.7 Å². The van der Waals surface area contributed by atoms with Gasteiger partial charge in [0, 0.05) is 23.7 Å². The summed E-state index contributed by atoms with van der Waals surface area (Å²) in [4.78, 5) is 28.6. The minimum absolute atomic E-state index is 0.0195. The normalized spacial score (nSPS) is 19.5. The van der Waals surface area contributed by atoms with Crippen molar-refractivity contribution in [2.45, 2.75) is 6.04 Å². The summed E-state index contributed by atoms with van der Waals surface area (Å²) in [6.45, 7) is 0.908. The van der Waals surface area contributed by atoms with Crippen LogP contribution >= 0.6 is 11.6 Å².